The number of carbonyl (C=O) groups excluding carboxylic acids is 1. The van der Waals surface area contributed by atoms with Crippen molar-refractivity contribution >= 4 is 17.2 Å². The fraction of sp³-hybridized carbons (Fsp3) is 0.722. The molecule has 1 aromatic heterocycles. The molecule has 1 amide bonds. The van der Waals surface area contributed by atoms with E-state index in [2.05, 4.69) is 25.7 Å². The van der Waals surface area contributed by atoms with Crippen LogP contribution in [-0.2, 0) is 4.74 Å². The molecule has 2 saturated heterocycles. The zero-order valence-electron chi connectivity index (χ0n) is 14.5. The smallest absolute Gasteiger partial charge is 0.263 e. The van der Waals surface area contributed by atoms with E-state index >= 15 is 0 Å². The van der Waals surface area contributed by atoms with E-state index in [1.807, 2.05) is 11.0 Å². The molecule has 23 heavy (non-hydrogen) atoms. The second kappa shape index (κ2) is 7.32. The highest BCUT2D eigenvalue weighted by atomic mass is 32.1. The Balaban J connectivity index is 1.54. The van der Waals surface area contributed by atoms with E-state index in [1.54, 1.807) is 11.3 Å². The van der Waals surface area contributed by atoms with Gasteiger partial charge in [0.25, 0.3) is 5.91 Å². The first-order valence-electron chi connectivity index (χ1n) is 8.74. The summed E-state index contributed by atoms with van der Waals surface area (Å²) in [5, 5.41) is 0. The number of piperidine rings is 1. The summed E-state index contributed by atoms with van der Waals surface area (Å²) in [5.41, 5.74) is 1.23. The molecule has 0 radical (unpaired) electrons. The van der Waals surface area contributed by atoms with Crippen LogP contribution >= 0.6 is 11.3 Å². The third kappa shape index (κ3) is 3.78. The maximum atomic E-state index is 12.7. The summed E-state index contributed by atoms with van der Waals surface area (Å²) < 4.78 is 5.45. The van der Waals surface area contributed by atoms with Crippen LogP contribution in [0.5, 0.6) is 0 Å². The molecule has 3 rings (SSSR count). The predicted octanol–water partition coefficient (Wildman–Crippen LogP) is 2.94. The van der Waals surface area contributed by atoms with Gasteiger partial charge in [-0.3, -0.25) is 9.69 Å². The van der Waals surface area contributed by atoms with Crippen molar-refractivity contribution in [3.8, 4) is 0 Å². The number of hydrogen-bond acceptors (Lipinski definition) is 4. The van der Waals surface area contributed by atoms with Crippen LogP contribution in [0.1, 0.15) is 39.9 Å². The summed E-state index contributed by atoms with van der Waals surface area (Å²) in [6, 6.07) is 2.65. The summed E-state index contributed by atoms with van der Waals surface area (Å²) in [5.74, 6) is 0.924. The van der Waals surface area contributed by atoms with Crippen LogP contribution in [0.3, 0.4) is 0 Å². The number of ether oxygens (including phenoxy) is 1. The van der Waals surface area contributed by atoms with Crippen LogP contribution in [-0.4, -0.2) is 61.1 Å². The maximum Gasteiger partial charge on any atom is 0.263 e. The Morgan fingerprint density at radius 2 is 1.87 bits per heavy atom. The molecule has 0 aromatic carbocycles. The van der Waals surface area contributed by atoms with Gasteiger partial charge >= 0.3 is 0 Å². The molecule has 3 heterocycles. The number of amides is 1. The van der Waals surface area contributed by atoms with Crippen LogP contribution < -0.4 is 0 Å². The molecular formula is C18H28N2O2S. The molecule has 2 aliphatic rings. The van der Waals surface area contributed by atoms with Crippen LogP contribution in [0.15, 0.2) is 6.07 Å². The predicted molar refractivity (Wildman–Crippen MR) is 94.3 cm³/mol. The molecule has 4 nitrogen and oxygen atoms in total. The highest BCUT2D eigenvalue weighted by molar-refractivity contribution is 7.14. The minimum atomic E-state index is 0.226. The fourth-order valence-corrected chi connectivity index (χ4v) is 4.70. The molecule has 128 valence electrons. The molecule has 0 saturated carbocycles. The van der Waals surface area contributed by atoms with Crippen molar-refractivity contribution in [2.45, 2.75) is 39.7 Å². The Morgan fingerprint density at radius 1 is 1.22 bits per heavy atom. The van der Waals surface area contributed by atoms with E-state index in [-0.39, 0.29) is 5.91 Å². The lowest BCUT2D eigenvalue weighted by atomic mass is 9.89. The molecule has 0 N–H and O–H groups in total. The third-order valence-corrected chi connectivity index (χ3v) is 6.65. The lowest BCUT2D eigenvalue weighted by molar-refractivity contribution is -0.000921. The number of carbonyl (C=O) groups is 1. The van der Waals surface area contributed by atoms with Crippen molar-refractivity contribution in [3.05, 3.63) is 21.4 Å². The van der Waals surface area contributed by atoms with Crippen molar-refractivity contribution in [1.29, 1.82) is 0 Å². The molecule has 2 fully saturated rings. The Bertz CT molecular complexity index is 524. The summed E-state index contributed by atoms with van der Waals surface area (Å²) in [4.78, 5) is 19.4. The van der Waals surface area contributed by atoms with E-state index in [0.29, 0.717) is 12.0 Å². The average molecular weight is 337 g/mol. The van der Waals surface area contributed by atoms with Gasteiger partial charge in [0.1, 0.15) is 0 Å². The van der Waals surface area contributed by atoms with Gasteiger partial charge in [-0.25, -0.2) is 0 Å². The molecule has 2 aliphatic heterocycles. The SMILES string of the molecule is Cc1cc(C(=O)N2CCC(C(C)N3CCOCC3)CC2)sc1C. The molecular weight excluding hydrogens is 308 g/mol. The van der Waals surface area contributed by atoms with E-state index in [0.717, 1.165) is 57.1 Å². The zero-order valence-corrected chi connectivity index (χ0v) is 15.3. The second-order valence-electron chi connectivity index (χ2n) is 6.87. The number of likely N-dealkylation sites (tertiary alicyclic amines) is 1. The largest absolute Gasteiger partial charge is 0.379 e. The minimum absolute atomic E-state index is 0.226. The molecule has 0 aliphatic carbocycles. The first kappa shape index (κ1) is 16.9. The monoisotopic (exact) mass is 336 g/mol. The number of morpholine rings is 1. The van der Waals surface area contributed by atoms with Crippen LogP contribution in [0.25, 0.3) is 0 Å². The lowest BCUT2D eigenvalue weighted by Crippen LogP contribution is -2.49. The van der Waals surface area contributed by atoms with Gasteiger partial charge in [-0.2, -0.15) is 0 Å². The van der Waals surface area contributed by atoms with Crippen molar-refractivity contribution in [3.63, 3.8) is 0 Å². The lowest BCUT2D eigenvalue weighted by Gasteiger charge is -2.40. The summed E-state index contributed by atoms with van der Waals surface area (Å²) in [6.07, 6.45) is 2.24. The minimum Gasteiger partial charge on any atom is -0.379 e. The number of rotatable bonds is 3. The van der Waals surface area contributed by atoms with Crippen molar-refractivity contribution < 1.29 is 9.53 Å². The Morgan fingerprint density at radius 3 is 2.43 bits per heavy atom. The van der Waals surface area contributed by atoms with E-state index in [9.17, 15) is 4.79 Å². The molecule has 1 atom stereocenters. The summed E-state index contributed by atoms with van der Waals surface area (Å²) in [6.45, 7) is 12.1. The van der Waals surface area contributed by atoms with Crippen molar-refractivity contribution in [2.24, 2.45) is 5.92 Å². The van der Waals surface area contributed by atoms with Crippen LogP contribution in [0, 0.1) is 19.8 Å². The van der Waals surface area contributed by atoms with Gasteiger partial charge in [0.2, 0.25) is 0 Å². The van der Waals surface area contributed by atoms with E-state index < -0.39 is 0 Å². The van der Waals surface area contributed by atoms with E-state index in [4.69, 9.17) is 4.74 Å². The number of thiophene rings is 1. The normalized spacial score (nSPS) is 22.3. The standard InChI is InChI=1S/C18H28N2O2S/c1-13-12-17(23-15(13)3)18(21)20-6-4-16(5-7-20)14(2)19-8-10-22-11-9-19/h12,14,16H,4-11H2,1-3H3. The molecule has 5 heteroatoms. The first-order chi connectivity index (χ1) is 11.1. The Labute approximate surface area is 143 Å². The zero-order chi connectivity index (χ0) is 16.4. The van der Waals surface area contributed by atoms with Gasteiger partial charge in [0, 0.05) is 37.1 Å². The number of nitrogens with zero attached hydrogens (tertiary/aromatic N) is 2. The quantitative estimate of drug-likeness (QED) is 0.851. The topological polar surface area (TPSA) is 32.8 Å². The van der Waals surface area contributed by atoms with Gasteiger partial charge in [-0.15, -0.1) is 11.3 Å². The highest BCUT2D eigenvalue weighted by Gasteiger charge is 2.30. The summed E-state index contributed by atoms with van der Waals surface area (Å²) >= 11 is 1.63. The molecule has 1 unspecified atom stereocenters. The Kier molecular flexibility index (Phi) is 5.39. The Hall–Kier alpha value is -0.910. The average Bonchev–Trinajstić information content (AvgIpc) is 2.93. The van der Waals surface area contributed by atoms with Gasteiger partial charge < -0.3 is 9.64 Å². The van der Waals surface area contributed by atoms with Gasteiger partial charge in [-0.1, -0.05) is 0 Å². The number of aryl methyl sites for hydroxylation is 2. The molecule has 0 spiro atoms. The van der Waals surface area contributed by atoms with E-state index in [1.165, 1.54) is 10.4 Å². The molecule has 1 aromatic rings. The van der Waals surface area contributed by atoms with Crippen molar-refractivity contribution in [1.82, 2.24) is 9.80 Å². The van der Waals surface area contributed by atoms with Crippen LogP contribution in [0.2, 0.25) is 0 Å². The van der Waals surface area contributed by atoms with Gasteiger partial charge in [-0.05, 0) is 51.2 Å². The number of hydrogen-bond donors (Lipinski definition) is 0. The van der Waals surface area contributed by atoms with Crippen LogP contribution in [0.4, 0.5) is 0 Å². The maximum absolute atomic E-state index is 12.7. The summed E-state index contributed by atoms with van der Waals surface area (Å²) in [7, 11) is 0. The van der Waals surface area contributed by atoms with Gasteiger partial charge in [0.05, 0.1) is 18.1 Å². The first-order valence-corrected chi connectivity index (χ1v) is 9.56. The molecule has 0 bridgehead atoms. The highest BCUT2D eigenvalue weighted by Crippen LogP contribution is 2.27. The van der Waals surface area contributed by atoms with Crippen molar-refractivity contribution in [2.75, 3.05) is 39.4 Å². The third-order valence-electron chi connectivity index (χ3n) is 5.51. The fourth-order valence-electron chi connectivity index (χ4n) is 3.70. The van der Waals surface area contributed by atoms with Gasteiger partial charge in [0.15, 0.2) is 0 Å². The second-order valence-corrected chi connectivity index (χ2v) is 8.12.